The molecule has 0 unspecified atom stereocenters. The van der Waals surface area contributed by atoms with Crippen LogP contribution in [0.5, 0.6) is 0 Å². The van der Waals surface area contributed by atoms with E-state index in [0.29, 0.717) is 20.9 Å². The van der Waals surface area contributed by atoms with Crippen molar-refractivity contribution in [2.45, 2.75) is 44.1 Å². The quantitative estimate of drug-likeness (QED) is 0.790. The van der Waals surface area contributed by atoms with Crippen LogP contribution >= 0.6 is 23.2 Å². The highest BCUT2D eigenvalue weighted by Crippen LogP contribution is 2.55. The highest BCUT2D eigenvalue weighted by atomic mass is 35.5. The standard InChI is InChI=1S/C20H20Cl2N2O2/c21-13-4-14(22)18-15(5-13)23-16(6-17(18)25)19(26)24-20-7-10-1-11(8-20)3-12(2-10)9-20/h4-6,10-12H,1-3,7-9H2,(H,23,25)(H,24,26). The maximum absolute atomic E-state index is 12.9. The Labute approximate surface area is 161 Å². The predicted octanol–water partition coefficient (Wildman–Crippen LogP) is 4.53. The number of hydrogen-bond donors (Lipinski definition) is 2. The van der Waals surface area contributed by atoms with Crippen molar-refractivity contribution in [1.29, 1.82) is 0 Å². The number of aromatic nitrogens is 1. The second-order valence-electron chi connectivity index (χ2n) is 8.51. The molecule has 6 rings (SSSR count). The smallest absolute Gasteiger partial charge is 0.268 e. The summed E-state index contributed by atoms with van der Waals surface area (Å²) in [6.45, 7) is 0. The number of rotatable bonds is 2. The van der Waals surface area contributed by atoms with Gasteiger partial charge in [0, 0.05) is 16.6 Å². The maximum Gasteiger partial charge on any atom is 0.268 e. The fourth-order valence-electron chi connectivity index (χ4n) is 6.00. The van der Waals surface area contributed by atoms with Gasteiger partial charge in [0.1, 0.15) is 5.69 Å². The number of fused-ring (bicyclic) bond motifs is 1. The van der Waals surface area contributed by atoms with Gasteiger partial charge in [-0.3, -0.25) is 9.59 Å². The van der Waals surface area contributed by atoms with Gasteiger partial charge in [-0.05, 0) is 68.4 Å². The summed E-state index contributed by atoms with van der Waals surface area (Å²) in [6, 6.07) is 4.51. The number of carbonyl (C=O) groups excluding carboxylic acids is 1. The second kappa shape index (κ2) is 5.74. The minimum Gasteiger partial charge on any atom is -0.350 e. The van der Waals surface area contributed by atoms with Crippen molar-refractivity contribution in [3.8, 4) is 0 Å². The zero-order chi connectivity index (χ0) is 18.1. The van der Waals surface area contributed by atoms with E-state index in [2.05, 4.69) is 10.3 Å². The summed E-state index contributed by atoms with van der Waals surface area (Å²) in [5, 5.41) is 4.37. The number of benzene rings is 1. The molecule has 0 spiro atoms. The lowest BCUT2D eigenvalue weighted by molar-refractivity contribution is -0.0167. The fourth-order valence-corrected chi connectivity index (χ4v) is 6.59. The fraction of sp³-hybridized carbons (Fsp3) is 0.500. The first-order chi connectivity index (χ1) is 12.4. The number of nitrogens with one attached hydrogen (secondary N) is 2. The molecule has 1 aromatic carbocycles. The molecule has 0 saturated heterocycles. The van der Waals surface area contributed by atoms with Crippen LogP contribution in [0.25, 0.3) is 10.9 Å². The molecule has 2 aromatic rings. The van der Waals surface area contributed by atoms with Crippen LogP contribution < -0.4 is 10.7 Å². The van der Waals surface area contributed by atoms with Gasteiger partial charge in [-0.15, -0.1) is 0 Å². The van der Waals surface area contributed by atoms with E-state index in [9.17, 15) is 9.59 Å². The molecule has 0 radical (unpaired) electrons. The first kappa shape index (κ1) is 16.6. The van der Waals surface area contributed by atoms with Crippen molar-refractivity contribution in [2.24, 2.45) is 17.8 Å². The SMILES string of the molecule is O=C(NC12CC3CC(CC(C3)C1)C2)c1cc(=O)c2c(Cl)cc(Cl)cc2[nH]1. The Kier molecular flexibility index (Phi) is 3.67. The Morgan fingerprint density at radius 1 is 1.04 bits per heavy atom. The highest BCUT2D eigenvalue weighted by molar-refractivity contribution is 6.38. The van der Waals surface area contributed by atoms with Crippen molar-refractivity contribution in [3.63, 3.8) is 0 Å². The van der Waals surface area contributed by atoms with Gasteiger partial charge < -0.3 is 10.3 Å². The first-order valence-corrected chi connectivity index (χ1v) is 10.0. The van der Waals surface area contributed by atoms with Gasteiger partial charge in [-0.1, -0.05) is 23.2 Å². The van der Waals surface area contributed by atoms with Crippen LogP contribution in [0.15, 0.2) is 23.0 Å². The molecule has 4 fully saturated rings. The molecule has 0 aliphatic heterocycles. The van der Waals surface area contributed by atoms with Gasteiger partial charge in [0.15, 0.2) is 5.43 Å². The van der Waals surface area contributed by atoms with Crippen LogP contribution in [-0.2, 0) is 0 Å². The Bertz CT molecular complexity index is 946. The summed E-state index contributed by atoms with van der Waals surface area (Å²) < 4.78 is 0. The topological polar surface area (TPSA) is 62.0 Å². The Balaban J connectivity index is 1.48. The van der Waals surface area contributed by atoms with Crippen molar-refractivity contribution in [2.75, 3.05) is 0 Å². The number of hydrogen-bond acceptors (Lipinski definition) is 2. The Morgan fingerprint density at radius 3 is 2.27 bits per heavy atom. The van der Waals surface area contributed by atoms with Crippen LogP contribution in [0.2, 0.25) is 10.0 Å². The largest absolute Gasteiger partial charge is 0.350 e. The normalized spacial score (nSPS) is 32.2. The predicted molar refractivity (Wildman–Crippen MR) is 103 cm³/mol. The zero-order valence-electron chi connectivity index (χ0n) is 14.3. The molecule has 4 bridgehead atoms. The van der Waals surface area contributed by atoms with E-state index in [1.54, 1.807) is 6.07 Å². The van der Waals surface area contributed by atoms with Crippen LogP contribution in [0.3, 0.4) is 0 Å². The lowest BCUT2D eigenvalue weighted by Crippen LogP contribution is -2.60. The van der Waals surface area contributed by atoms with Gasteiger partial charge in [-0.2, -0.15) is 0 Å². The van der Waals surface area contributed by atoms with E-state index < -0.39 is 0 Å². The van der Waals surface area contributed by atoms with Gasteiger partial charge in [-0.25, -0.2) is 0 Å². The molecule has 136 valence electrons. The average molecular weight is 391 g/mol. The molecule has 2 N–H and O–H groups in total. The summed E-state index contributed by atoms with van der Waals surface area (Å²) in [6.07, 6.45) is 7.16. The third-order valence-corrected chi connectivity index (χ3v) is 7.02. The number of carbonyl (C=O) groups is 1. The van der Waals surface area contributed by atoms with Gasteiger partial charge >= 0.3 is 0 Å². The van der Waals surface area contributed by atoms with E-state index in [1.165, 1.54) is 31.4 Å². The molecule has 1 heterocycles. The van der Waals surface area contributed by atoms with Crippen LogP contribution in [0.1, 0.15) is 49.0 Å². The Morgan fingerprint density at radius 2 is 1.65 bits per heavy atom. The lowest BCUT2D eigenvalue weighted by atomic mass is 9.53. The molecule has 4 nitrogen and oxygen atoms in total. The van der Waals surface area contributed by atoms with E-state index in [0.717, 1.165) is 37.0 Å². The summed E-state index contributed by atoms with van der Waals surface area (Å²) in [5.74, 6) is 2.03. The van der Waals surface area contributed by atoms with Crippen LogP contribution in [0, 0.1) is 17.8 Å². The zero-order valence-corrected chi connectivity index (χ0v) is 15.8. The van der Waals surface area contributed by atoms with Crippen molar-refractivity contribution in [1.82, 2.24) is 10.3 Å². The van der Waals surface area contributed by atoms with Crippen molar-refractivity contribution in [3.05, 3.63) is 44.2 Å². The highest BCUT2D eigenvalue weighted by Gasteiger charge is 2.51. The molecule has 1 amide bonds. The number of pyridine rings is 1. The van der Waals surface area contributed by atoms with Gasteiger partial charge in [0.25, 0.3) is 5.91 Å². The minimum absolute atomic E-state index is 0.0936. The van der Waals surface area contributed by atoms with Gasteiger partial charge in [0.2, 0.25) is 0 Å². The molecule has 1 aromatic heterocycles. The lowest BCUT2D eigenvalue weighted by Gasteiger charge is -2.56. The van der Waals surface area contributed by atoms with Crippen molar-refractivity contribution < 1.29 is 4.79 Å². The third-order valence-electron chi connectivity index (χ3n) is 6.51. The third kappa shape index (κ3) is 2.66. The van der Waals surface area contributed by atoms with E-state index in [-0.39, 0.29) is 22.6 Å². The van der Waals surface area contributed by atoms with Crippen LogP contribution in [-0.4, -0.2) is 16.4 Å². The summed E-state index contributed by atoms with van der Waals surface area (Å²) >= 11 is 12.2. The first-order valence-electron chi connectivity index (χ1n) is 9.25. The van der Waals surface area contributed by atoms with E-state index >= 15 is 0 Å². The summed E-state index contributed by atoms with van der Waals surface area (Å²) in [4.78, 5) is 28.5. The van der Waals surface area contributed by atoms with E-state index in [4.69, 9.17) is 23.2 Å². The molecule has 26 heavy (non-hydrogen) atoms. The number of amides is 1. The van der Waals surface area contributed by atoms with Crippen molar-refractivity contribution >= 4 is 40.0 Å². The maximum atomic E-state index is 12.9. The molecule has 6 heteroatoms. The monoisotopic (exact) mass is 390 g/mol. The number of aromatic amines is 1. The summed E-state index contributed by atoms with van der Waals surface area (Å²) in [5.41, 5.74) is 0.405. The minimum atomic E-state index is -0.268. The van der Waals surface area contributed by atoms with Gasteiger partial charge in [0.05, 0.1) is 15.9 Å². The molecule has 0 atom stereocenters. The molecular weight excluding hydrogens is 371 g/mol. The molecular formula is C20H20Cl2N2O2. The van der Waals surface area contributed by atoms with Crippen LogP contribution in [0.4, 0.5) is 0 Å². The molecule has 4 saturated carbocycles. The molecule has 4 aliphatic carbocycles. The molecule has 4 aliphatic rings. The summed E-state index contributed by atoms with van der Waals surface area (Å²) in [7, 11) is 0. The second-order valence-corrected chi connectivity index (χ2v) is 9.35. The number of halogens is 2. The number of H-pyrrole nitrogens is 1. The average Bonchev–Trinajstić information content (AvgIpc) is 2.51. The van der Waals surface area contributed by atoms with E-state index in [1.807, 2.05) is 0 Å². The Hall–Kier alpha value is -1.52.